The minimum Gasteiger partial charge on any atom is -0.548 e. The molecule has 0 saturated carbocycles. The molecule has 1 amide bonds. The number of hydrogen-bond donors (Lipinski definition) is 3. The molecule has 0 heterocycles. The first-order chi connectivity index (χ1) is 13.6. The van der Waals surface area contributed by atoms with Gasteiger partial charge in [-0.1, -0.05) is 54.6 Å². The first-order valence-electron chi connectivity index (χ1n) is 9.40. The van der Waals surface area contributed by atoms with Crippen molar-refractivity contribution in [3.8, 4) is 11.1 Å². The van der Waals surface area contributed by atoms with E-state index in [0.717, 1.165) is 16.7 Å². The van der Waals surface area contributed by atoms with Crippen LogP contribution in [0.4, 0.5) is 0 Å². The summed E-state index contributed by atoms with van der Waals surface area (Å²) in [5, 5.41) is 13.3. The van der Waals surface area contributed by atoms with E-state index in [1.807, 2.05) is 54.6 Å². The monoisotopic (exact) mass is 418 g/mol. The second-order valence-corrected chi connectivity index (χ2v) is 10.1. The van der Waals surface area contributed by atoms with E-state index >= 15 is 0 Å². The van der Waals surface area contributed by atoms with Gasteiger partial charge in [0, 0.05) is 6.16 Å². The van der Waals surface area contributed by atoms with Crippen molar-refractivity contribution >= 4 is 19.2 Å². The highest BCUT2D eigenvalue weighted by molar-refractivity contribution is 7.58. The summed E-state index contributed by atoms with van der Waals surface area (Å²) in [7, 11) is -3.67. The highest BCUT2D eigenvalue weighted by Gasteiger charge is 2.34. The van der Waals surface area contributed by atoms with Crippen LogP contribution in [0.2, 0.25) is 0 Å². The molecule has 2 aromatic rings. The molecule has 0 saturated heterocycles. The summed E-state index contributed by atoms with van der Waals surface area (Å²) in [4.78, 5) is 33.7. The molecule has 0 aliphatic rings. The smallest absolute Gasteiger partial charge is 0.256 e. The van der Waals surface area contributed by atoms with E-state index in [2.05, 4.69) is 11.1 Å². The topological polar surface area (TPSA) is 134 Å². The van der Waals surface area contributed by atoms with Gasteiger partial charge < -0.3 is 25.8 Å². The average molecular weight is 418 g/mol. The molecule has 4 atom stereocenters. The second kappa shape index (κ2) is 9.83. The Hall–Kier alpha value is -2.47. The van der Waals surface area contributed by atoms with Gasteiger partial charge in [-0.2, -0.15) is 0 Å². The molecule has 29 heavy (non-hydrogen) atoms. The third-order valence-corrected chi connectivity index (χ3v) is 7.14. The number of carbonyl (C=O) groups is 2. The molecule has 1 unspecified atom stereocenters. The summed E-state index contributed by atoms with van der Waals surface area (Å²) < 4.78 is 12.5. The summed E-state index contributed by atoms with van der Waals surface area (Å²) in [6.45, 7) is 2.82. The molecule has 156 valence electrons. The number of benzene rings is 2. The number of quaternary nitrogens is 1. The molecule has 5 N–H and O–H groups in total. The van der Waals surface area contributed by atoms with Gasteiger partial charge in [-0.3, -0.25) is 9.36 Å². The van der Waals surface area contributed by atoms with Crippen molar-refractivity contribution in [1.82, 2.24) is 5.32 Å². The summed E-state index contributed by atoms with van der Waals surface area (Å²) >= 11 is 0. The van der Waals surface area contributed by atoms with Gasteiger partial charge in [0.15, 0.2) is 5.78 Å². The van der Waals surface area contributed by atoms with Gasteiger partial charge >= 0.3 is 0 Å². The lowest BCUT2D eigenvalue weighted by Crippen LogP contribution is -2.59. The molecule has 2 aromatic carbocycles. The minimum absolute atomic E-state index is 0.206. The van der Waals surface area contributed by atoms with Crippen LogP contribution in [-0.4, -0.2) is 34.8 Å². The van der Waals surface area contributed by atoms with Crippen LogP contribution in [0.1, 0.15) is 19.4 Å². The van der Waals surface area contributed by atoms with Crippen LogP contribution in [0, 0.1) is 5.92 Å². The fraction of sp³-hybridized carbons (Fsp3) is 0.333. The average Bonchev–Trinajstić information content (AvgIpc) is 2.68. The van der Waals surface area contributed by atoms with Gasteiger partial charge in [-0.05, 0) is 37.0 Å². The van der Waals surface area contributed by atoms with Crippen molar-refractivity contribution in [3.05, 3.63) is 60.2 Å². The van der Waals surface area contributed by atoms with Gasteiger partial charge in [0.2, 0.25) is 5.91 Å². The normalized spacial score (nSPS) is 16.3. The van der Waals surface area contributed by atoms with E-state index in [1.54, 1.807) is 0 Å². The van der Waals surface area contributed by atoms with Crippen LogP contribution in [0.3, 0.4) is 0 Å². The number of rotatable bonds is 9. The lowest BCUT2D eigenvalue weighted by molar-refractivity contribution is -0.385. The third-order valence-electron chi connectivity index (χ3n) is 4.80. The van der Waals surface area contributed by atoms with Crippen molar-refractivity contribution in [2.75, 3.05) is 6.16 Å². The Kier molecular flexibility index (Phi) is 7.73. The molecule has 2 rings (SSSR count). The van der Waals surface area contributed by atoms with Crippen LogP contribution in [-0.2, 0) is 20.6 Å². The van der Waals surface area contributed by atoms with Crippen LogP contribution in [0.25, 0.3) is 11.1 Å². The van der Waals surface area contributed by atoms with E-state index in [1.165, 1.54) is 13.8 Å². The quantitative estimate of drug-likeness (QED) is 0.514. The molecule has 0 aromatic heterocycles. The number of carbonyl (C=O) groups excluding carboxylic acids is 2. The predicted octanol–water partition coefficient (Wildman–Crippen LogP) is 0.625. The molecule has 8 heteroatoms. The number of amides is 1. The number of carboxylic acids is 1. The second-order valence-electron chi connectivity index (χ2n) is 7.30. The van der Waals surface area contributed by atoms with E-state index in [9.17, 15) is 24.2 Å². The Labute approximate surface area is 170 Å². The van der Waals surface area contributed by atoms with Crippen molar-refractivity contribution in [1.29, 1.82) is 0 Å². The summed E-state index contributed by atoms with van der Waals surface area (Å²) in [5.41, 5.74) is 6.49. The SMILES string of the molecule is C[C@H](NC(=O)[C@@H](Cc1ccc(-c2ccccc2)cc1)CP(=O)(O)[C@@H](C)[NH3+])C(=O)[O-]. The van der Waals surface area contributed by atoms with Crippen LogP contribution in [0.5, 0.6) is 0 Å². The van der Waals surface area contributed by atoms with Crippen molar-refractivity contribution in [2.24, 2.45) is 5.92 Å². The maximum Gasteiger partial charge on any atom is 0.256 e. The van der Waals surface area contributed by atoms with Crippen LogP contribution in [0.15, 0.2) is 54.6 Å². The maximum absolute atomic E-state index is 12.6. The lowest BCUT2D eigenvalue weighted by Gasteiger charge is -2.23. The summed E-state index contributed by atoms with van der Waals surface area (Å²) in [6.07, 6.45) is -0.0678. The Morgan fingerprint density at radius 2 is 1.62 bits per heavy atom. The third kappa shape index (κ3) is 6.53. The fourth-order valence-electron chi connectivity index (χ4n) is 2.87. The Morgan fingerprint density at radius 3 is 2.14 bits per heavy atom. The number of carboxylic acid groups (broad SMARTS) is 1. The molecule has 0 spiro atoms. The Bertz CT molecular complexity index is 884. The molecule has 0 fully saturated rings. The minimum atomic E-state index is -3.67. The van der Waals surface area contributed by atoms with E-state index in [-0.39, 0.29) is 12.6 Å². The van der Waals surface area contributed by atoms with Crippen molar-refractivity contribution < 1.29 is 29.9 Å². The molecular formula is C21H27N2O5P. The number of nitrogens with one attached hydrogen (secondary N) is 1. The van der Waals surface area contributed by atoms with Gasteiger partial charge in [-0.15, -0.1) is 0 Å². The number of aliphatic carboxylic acids is 1. The van der Waals surface area contributed by atoms with Crippen LogP contribution >= 0.6 is 7.37 Å². The first kappa shape index (κ1) is 22.8. The highest BCUT2D eigenvalue weighted by Crippen LogP contribution is 2.45. The molecule has 0 aliphatic carbocycles. The van der Waals surface area contributed by atoms with Crippen molar-refractivity contribution in [2.45, 2.75) is 32.1 Å². The zero-order valence-corrected chi connectivity index (χ0v) is 17.5. The zero-order valence-electron chi connectivity index (χ0n) is 16.6. The molecule has 7 nitrogen and oxygen atoms in total. The van der Waals surface area contributed by atoms with Gasteiger partial charge in [0.25, 0.3) is 7.37 Å². The number of hydrogen-bond acceptors (Lipinski definition) is 4. The molecular weight excluding hydrogens is 391 g/mol. The Morgan fingerprint density at radius 1 is 1.07 bits per heavy atom. The van der Waals surface area contributed by atoms with Gasteiger partial charge in [0.1, 0.15) is 0 Å². The molecule has 0 bridgehead atoms. The standard InChI is InChI=1S/C21H27N2O5P/c1-14(21(25)26)23-20(24)19(13-29(27,28)15(2)22)12-16-8-10-18(11-9-16)17-6-4-3-5-7-17/h3-11,14-15,19H,12-13,22H2,1-2H3,(H,23,24)(H,25,26)(H,27,28)/t14-,15-,19-/m0/s1. The van der Waals surface area contributed by atoms with Gasteiger partial charge in [-0.25, -0.2) is 0 Å². The van der Waals surface area contributed by atoms with Gasteiger partial charge in [0.05, 0.1) is 17.9 Å². The lowest BCUT2D eigenvalue weighted by atomic mass is 9.97. The summed E-state index contributed by atoms with van der Waals surface area (Å²) in [5.74, 6) is -3.61. The first-order valence-corrected chi connectivity index (χ1v) is 11.3. The van der Waals surface area contributed by atoms with Crippen molar-refractivity contribution in [3.63, 3.8) is 0 Å². The summed E-state index contributed by atoms with van der Waals surface area (Å²) in [6, 6.07) is 16.2. The van der Waals surface area contributed by atoms with E-state index in [0.29, 0.717) is 0 Å². The molecule has 0 radical (unpaired) electrons. The predicted molar refractivity (Wildman–Crippen MR) is 109 cm³/mol. The maximum atomic E-state index is 12.6. The molecule has 0 aliphatic heterocycles. The van der Waals surface area contributed by atoms with Crippen LogP contribution < -0.4 is 16.2 Å². The van der Waals surface area contributed by atoms with E-state index < -0.39 is 37.0 Å². The Balaban J connectivity index is 2.21. The zero-order chi connectivity index (χ0) is 21.6. The highest BCUT2D eigenvalue weighted by atomic mass is 31.2. The van der Waals surface area contributed by atoms with E-state index in [4.69, 9.17) is 0 Å². The largest absolute Gasteiger partial charge is 0.548 e. The fourth-order valence-corrected chi connectivity index (χ4v) is 4.16.